The lowest BCUT2D eigenvalue weighted by molar-refractivity contribution is -0.384. The Labute approximate surface area is 283 Å². The minimum Gasteiger partial charge on any atom is -0.464 e. The summed E-state index contributed by atoms with van der Waals surface area (Å²) >= 11 is 0. The number of rotatable bonds is 18. The fourth-order valence-corrected chi connectivity index (χ4v) is 7.48. The van der Waals surface area contributed by atoms with Crippen LogP contribution in [0.15, 0.2) is 48.5 Å². The molecule has 4 atom stereocenters. The molecule has 2 heterocycles. The standard InChI is InChI=1S/C40H58N2O5/c1-29(2)13-10-14-30(3)15-11-16-31(4)17-12-18-32(5)27-38(43)46-26-25-41-36-20-9-8-19-35(36)39(6,7)40(41)24-23-33-28-34(42(44)45)21-22-37(33)47-40/h8-9,19-24,28-32H,10-18,25-27H2,1-7H3. The number of hydrogen-bond acceptors (Lipinski definition) is 6. The van der Waals surface area contributed by atoms with Crippen LogP contribution in [0.2, 0.25) is 0 Å². The van der Waals surface area contributed by atoms with Crippen molar-refractivity contribution >= 4 is 23.4 Å². The van der Waals surface area contributed by atoms with Crippen LogP contribution in [0.5, 0.6) is 5.75 Å². The lowest BCUT2D eigenvalue weighted by Gasteiger charge is -2.47. The summed E-state index contributed by atoms with van der Waals surface area (Å²) in [5, 5.41) is 11.3. The SMILES string of the molecule is CC(C)CCCC(C)CCCC(C)CCCC(C)CC(=O)OCCN1c2ccccc2C(C)(C)C12C=Cc1cc([N+](=O)[O-])ccc1O2. The van der Waals surface area contributed by atoms with E-state index in [1.807, 2.05) is 24.3 Å². The Hall–Kier alpha value is -3.35. The fourth-order valence-electron chi connectivity index (χ4n) is 7.48. The zero-order valence-corrected chi connectivity index (χ0v) is 29.9. The van der Waals surface area contributed by atoms with Gasteiger partial charge < -0.3 is 14.4 Å². The molecule has 2 aromatic carbocycles. The molecule has 0 aromatic heterocycles. The summed E-state index contributed by atoms with van der Waals surface area (Å²) in [6.07, 6.45) is 15.8. The van der Waals surface area contributed by atoms with E-state index in [9.17, 15) is 14.9 Å². The van der Waals surface area contributed by atoms with Gasteiger partial charge in [0.25, 0.3) is 5.69 Å². The average molecular weight is 647 g/mol. The van der Waals surface area contributed by atoms with Crippen LogP contribution in [0.25, 0.3) is 6.08 Å². The van der Waals surface area contributed by atoms with Crippen molar-refractivity contribution in [3.05, 3.63) is 69.8 Å². The molecule has 1 spiro atoms. The van der Waals surface area contributed by atoms with Crippen LogP contribution >= 0.6 is 0 Å². The number of nitrogens with zero attached hydrogens (tertiary/aromatic N) is 2. The number of benzene rings is 2. The van der Waals surface area contributed by atoms with Crippen molar-refractivity contribution in [1.29, 1.82) is 0 Å². The van der Waals surface area contributed by atoms with Gasteiger partial charge in [-0.3, -0.25) is 14.9 Å². The molecule has 7 nitrogen and oxygen atoms in total. The molecule has 258 valence electrons. The molecule has 0 radical (unpaired) electrons. The molecule has 0 saturated carbocycles. The van der Waals surface area contributed by atoms with Crippen molar-refractivity contribution in [3.63, 3.8) is 0 Å². The number of para-hydroxylation sites is 1. The summed E-state index contributed by atoms with van der Waals surface area (Å²) in [7, 11) is 0. The summed E-state index contributed by atoms with van der Waals surface area (Å²) < 4.78 is 12.6. The normalized spacial score (nSPS) is 19.6. The maximum atomic E-state index is 12.9. The third-order valence-corrected chi connectivity index (χ3v) is 10.5. The highest BCUT2D eigenvalue weighted by Gasteiger charge is 2.58. The van der Waals surface area contributed by atoms with Crippen LogP contribution in [0.4, 0.5) is 11.4 Å². The Balaban J connectivity index is 1.24. The second-order valence-corrected chi connectivity index (χ2v) is 15.3. The van der Waals surface area contributed by atoms with Crippen molar-refractivity contribution in [2.24, 2.45) is 23.7 Å². The van der Waals surface area contributed by atoms with Crippen molar-refractivity contribution in [2.75, 3.05) is 18.1 Å². The second kappa shape index (κ2) is 16.2. The first-order valence-electron chi connectivity index (χ1n) is 18.0. The van der Waals surface area contributed by atoms with Crippen LogP contribution in [-0.2, 0) is 14.9 Å². The Morgan fingerprint density at radius 3 is 2.15 bits per heavy atom. The van der Waals surface area contributed by atoms with Crippen LogP contribution in [0, 0.1) is 33.8 Å². The molecule has 47 heavy (non-hydrogen) atoms. The molecule has 0 amide bonds. The third-order valence-electron chi connectivity index (χ3n) is 10.5. The molecule has 0 saturated heterocycles. The molecule has 2 aromatic rings. The topological polar surface area (TPSA) is 81.9 Å². The van der Waals surface area contributed by atoms with Gasteiger partial charge in [0.05, 0.1) is 16.9 Å². The average Bonchev–Trinajstić information content (AvgIpc) is 3.19. The summed E-state index contributed by atoms with van der Waals surface area (Å²) in [5.41, 5.74) is 1.56. The molecule has 2 aliphatic rings. The van der Waals surface area contributed by atoms with Gasteiger partial charge in [-0.05, 0) is 67.4 Å². The van der Waals surface area contributed by atoms with E-state index in [1.54, 1.807) is 12.1 Å². The predicted octanol–water partition coefficient (Wildman–Crippen LogP) is 10.5. The molecule has 0 fully saturated rings. The van der Waals surface area contributed by atoms with Crippen molar-refractivity contribution in [2.45, 2.75) is 124 Å². The molecule has 0 aliphatic carbocycles. The second-order valence-electron chi connectivity index (χ2n) is 15.3. The predicted molar refractivity (Wildman–Crippen MR) is 192 cm³/mol. The van der Waals surface area contributed by atoms with E-state index in [2.05, 4.69) is 65.5 Å². The van der Waals surface area contributed by atoms with Gasteiger partial charge in [-0.1, -0.05) is 111 Å². The first kappa shape index (κ1) is 36.5. The van der Waals surface area contributed by atoms with E-state index in [0.717, 1.165) is 41.8 Å². The number of nitro groups is 1. The number of non-ortho nitro benzene ring substituents is 1. The minimum absolute atomic E-state index is 0.0299. The summed E-state index contributed by atoms with van der Waals surface area (Å²) in [6, 6.07) is 12.9. The highest BCUT2D eigenvalue weighted by molar-refractivity contribution is 5.73. The Morgan fingerprint density at radius 2 is 1.51 bits per heavy atom. The zero-order chi connectivity index (χ0) is 34.2. The maximum absolute atomic E-state index is 12.9. The number of carbonyl (C=O) groups excluding carboxylic acids is 1. The van der Waals surface area contributed by atoms with E-state index in [0.29, 0.717) is 30.2 Å². The van der Waals surface area contributed by atoms with E-state index >= 15 is 0 Å². The molecular weight excluding hydrogens is 588 g/mol. The van der Waals surface area contributed by atoms with Crippen molar-refractivity contribution in [3.8, 4) is 5.75 Å². The van der Waals surface area contributed by atoms with Crippen LogP contribution in [0.1, 0.15) is 124 Å². The van der Waals surface area contributed by atoms with Crippen LogP contribution in [-0.4, -0.2) is 29.8 Å². The first-order chi connectivity index (χ1) is 22.3. The largest absolute Gasteiger partial charge is 0.464 e. The van der Waals surface area contributed by atoms with E-state index in [4.69, 9.17) is 9.47 Å². The summed E-state index contributed by atoms with van der Waals surface area (Å²) in [5.74, 6) is 3.10. The zero-order valence-electron chi connectivity index (χ0n) is 29.9. The van der Waals surface area contributed by atoms with Crippen molar-refractivity contribution in [1.82, 2.24) is 0 Å². The van der Waals surface area contributed by atoms with E-state index in [-0.39, 0.29) is 18.3 Å². The van der Waals surface area contributed by atoms with E-state index in [1.165, 1.54) is 51.0 Å². The van der Waals surface area contributed by atoms with Crippen LogP contribution in [0.3, 0.4) is 0 Å². The Kier molecular flexibility index (Phi) is 12.5. The third kappa shape index (κ3) is 8.97. The molecule has 7 heteroatoms. The molecule has 4 rings (SSSR count). The van der Waals surface area contributed by atoms with Gasteiger partial charge in [-0.2, -0.15) is 0 Å². The first-order valence-corrected chi connectivity index (χ1v) is 18.0. The minimum atomic E-state index is -0.873. The van der Waals surface area contributed by atoms with Crippen LogP contribution < -0.4 is 9.64 Å². The maximum Gasteiger partial charge on any atom is 0.306 e. The van der Waals surface area contributed by atoms with Gasteiger partial charge in [0.2, 0.25) is 5.72 Å². The molecule has 4 unspecified atom stereocenters. The number of nitro benzene ring substituents is 1. The van der Waals surface area contributed by atoms with Gasteiger partial charge >= 0.3 is 5.97 Å². The molecular formula is C40H58N2O5. The lowest BCUT2D eigenvalue weighted by Crippen LogP contribution is -2.60. The highest BCUT2D eigenvalue weighted by atomic mass is 16.6. The van der Waals surface area contributed by atoms with Gasteiger partial charge in [0.15, 0.2) is 0 Å². The van der Waals surface area contributed by atoms with Gasteiger partial charge in [0.1, 0.15) is 12.4 Å². The summed E-state index contributed by atoms with van der Waals surface area (Å²) in [6.45, 7) is 16.6. The Morgan fingerprint density at radius 1 is 0.894 bits per heavy atom. The molecule has 2 aliphatic heterocycles. The van der Waals surface area contributed by atoms with Gasteiger partial charge in [-0.25, -0.2) is 0 Å². The van der Waals surface area contributed by atoms with E-state index < -0.39 is 16.1 Å². The number of carbonyl (C=O) groups is 1. The van der Waals surface area contributed by atoms with Gasteiger partial charge in [-0.15, -0.1) is 0 Å². The number of esters is 1. The highest BCUT2D eigenvalue weighted by Crippen LogP contribution is 2.54. The smallest absolute Gasteiger partial charge is 0.306 e. The van der Waals surface area contributed by atoms with Crippen molar-refractivity contribution < 1.29 is 19.2 Å². The molecule has 0 N–H and O–H groups in total. The number of hydrogen-bond donors (Lipinski definition) is 0. The Bertz CT molecular complexity index is 1380. The number of fused-ring (bicyclic) bond motifs is 2. The van der Waals surface area contributed by atoms with Gasteiger partial charge in [0, 0.05) is 29.8 Å². The fraction of sp³-hybridized carbons (Fsp3) is 0.625. The summed E-state index contributed by atoms with van der Waals surface area (Å²) in [4.78, 5) is 26.0. The number of ether oxygens (including phenoxy) is 2. The quantitative estimate of drug-likeness (QED) is 0.0910. The molecule has 0 bridgehead atoms. The lowest BCUT2D eigenvalue weighted by atomic mass is 9.76. The number of anilines is 1. The monoisotopic (exact) mass is 646 g/mol.